The van der Waals surface area contributed by atoms with Gasteiger partial charge in [-0.2, -0.15) is 0 Å². The fourth-order valence-electron chi connectivity index (χ4n) is 3.11. The van der Waals surface area contributed by atoms with Crippen molar-refractivity contribution in [3.8, 4) is 0 Å². The number of carbonyl (C=O) groups excluding carboxylic acids is 1. The molecule has 2 aromatic heterocycles. The van der Waals surface area contributed by atoms with E-state index in [1.165, 1.54) is 11.3 Å². The summed E-state index contributed by atoms with van der Waals surface area (Å²) in [6.45, 7) is 9.05. The molecule has 1 fully saturated rings. The van der Waals surface area contributed by atoms with Gasteiger partial charge in [0, 0.05) is 13.7 Å². The van der Waals surface area contributed by atoms with Gasteiger partial charge in [-0.05, 0) is 19.4 Å². The van der Waals surface area contributed by atoms with Crippen molar-refractivity contribution >= 4 is 33.3 Å². The second-order valence-corrected chi connectivity index (χ2v) is 7.52. The van der Waals surface area contributed by atoms with Crippen LogP contribution in [-0.4, -0.2) is 69.4 Å². The van der Waals surface area contributed by atoms with Crippen molar-refractivity contribution in [1.82, 2.24) is 15.3 Å². The fourth-order valence-corrected chi connectivity index (χ4v) is 4.25. The maximum absolute atomic E-state index is 12.5. The van der Waals surface area contributed by atoms with Crippen LogP contribution < -0.4 is 15.1 Å². The average molecular weight is 364 g/mol. The number of piperazine rings is 1. The molecule has 2 N–H and O–H groups in total. The predicted molar refractivity (Wildman–Crippen MR) is 99.9 cm³/mol. The van der Waals surface area contributed by atoms with Crippen LogP contribution in [0.4, 0.5) is 5.82 Å². The molecule has 1 aliphatic heterocycles. The van der Waals surface area contributed by atoms with Crippen LogP contribution in [0, 0.1) is 13.8 Å². The lowest BCUT2D eigenvalue weighted by Crippen LogP contribution is -3.12. The molecule has 1 amide bonds. The van der Waals surface area contributed by atoms with Gasteiger partial charge in [0.25, 0.3) is 5.91 Å². The number of nitrogens with zero attached hydrogens (tertiary/aromatic N) is 3. The van der Waals surface area contributed by atoms with Gasteiger partial charge in [-0.3, -0.25) is 4.79 Å². The van der Waals surface area contributed by atoms with E-state index in [-0.39, 0.29) is 5.91 Å². The van der Waals surface area contributed by atoms with Gasteiger partial charge in [0.05, 0.1) is 50.1 Å². The summed E-state index contributed by atoms with van der Waals surface area (Å²) in [5.74, 6) is 1.66. The summed E-state index contributed by atoms with van der Waals surface area (Å²) in [7, 11) is 3.84. The monoisotopic (exact) mass is 364 g/mol. The molecule has 3 heterocycles. The number of fused-ring (bicyclic) bond motifs is 1. The number of amides is 1. The van der Waals surface area contributed by atoms with Crippen LogP contribution >= 0.6 is 11.3 Å². The molecule has 1 aliphatic rings. The largest absolute Gasteiger partial charge is 0.383 e. The maximum Gasteiger partial charge on any atom is 0.261 e. The number of aromatic nitrogens is 2. The third-order valence-electron chi connectivity index (χ3n) is 4.60. The average Bonchev–Trinajstić information content (AvgIpc) is 2.91. The number of methoxy groups -OCH3 is 1. The number of aryl methyl sites for hydroxylation is 2. The summed E-state index contributed by atoms with van der Waals surface area (Å²) in [6, 6.07) is 0. The second kappa shape index (κ2) is 7.63. The molecule has 25 heavy (non-hydrogen) atoms. The molecule has 0 unspecified atom stereocenters. The first-order valence-corrected chi connectivity index (χ1v) is 9.44. The lowest BCUT2D eigenvalue weighted by atomic mass is 10.1. The minimum absolute atomic E-state index is 0.0658. The molecule has 3 rings (SSSR count). The van der Waals surface area contributed by atoms with E-state index in [0.717, 1.165) is 53.6 Å². The number of carbonyl (C=O) groups is 1. The molecule has 1 saturated heterocycles. The summed E-state index contributed by atoms with van der Waals surface area (Å²) >= 11 is 1.45. The van der Waals surface area contributed by atoms with Crippen molar-refractivity contribution < 1.29 is 14.4 Å². The number of anilines is 1. The quantitative estimate of drug-likeness (QED) is 0.732. The minimum atomic E-state index is -0.0658. The molecule has 0 aliphatic carbocycles. The number of ether oxygens (including phenoxy) is 1. The van der Waals surface area contributed by atoms with Crippen LogP contribution in [0.25, 0.3) is 10.2 Å². The third kappa shape index (κ3) is 3.75. The van der Waals surface area contributed by atoms with E-state index >= 15 is 0 Å². The summed E-state index contributed by atoms with van der Waals surface area (Å²) < 4.78 is 5.00. The Bertz CT molecular complexity index is 768. The van der Waals surface area contributed by atoms with E-state index in [0.29, 0.717) is 18.0 Å². The van der Waals surface area contributed by atoms with Crippen molar-refractivity contribution in [1.29, 1.82) is 0 Å². The number of quaternary nitrogens is 1. The summed E-state index contributed by atoms with van der Waals surface area (Å²) in [4.78, 5) is 27.3. The summed E-state index contributed by atoms with van der Waals surface area (Å²) in [5, 5.41) is 3.92. The van der Waals surface area contributed by atoms with Crippen molar-refractivity contribution in [2.75, 3.05) is 58.4 Å². The van der Waals surface area contributed by atoms with Crippen molar-refractivity contribution in [3.05, 3.63) is 16.3 Å². The highest BCUT2D eigenvalue weighted by Gasteiger charge is 2.25. The SMILES string of the molecule is COCCNC(=O)c1sc2nc(C)nc(N3CC[NH+](C)CC3)c2c1C. The molecule has 0 saturated carbocycles. The van der Waals surface area contributed by atoms with Crippen molar-refractivity contribution in [2.24, 2.45) is 0 Å². The van der Waals surface area contributed by atoms with Crippen molar-refractivity contribution in [3.63, 3.8) is 0 Å². The number of rotatable bonds is 5. The van der Waals surface area contributed by atoms with Crippen LogP contribution in [0.3, 0.4) is 0 Å². The van der Waals surface area contributed by atoms with E-state index < -0.39 is 0 Å². The maximum atomic E-state index is 12.5. The van der Waals surface area contributed by atoms with E-state index in [4.69, 9.17) is 9.72 Å². The zero-order valence-electron chi connectivity index (χ0n) is 15.3. The third-order valence-corrected chi connectivity index (χ3v) is 5.78. The highest BCUT2D eigenvalue weighted by Crippen LogP contribution is 2.35. The highest BCUT2D eigenvalue weighted by atomic mass is 32.1. The number of thiophene rings is 1. The normalized spacial score (nSPS) is 15.8. The highest BCUT2D eigenvalue weighted by molar-refractivity contribution is 7.20. The van der Waals surface area contributed by atoms with E-state index in [1.54, 1.807) is 12.0 Å². The Morgan fingerprint density at radius 1 is 1.32 bits per heavy atom. The molecule has 0 bridgehead atoms. The molecule has 0 radical (unpaired) electrons. The van der Waals surface area contributed by atoms with E-state index in [1.807, 2.05) is 13.8 Å². The van der Waals surface area contributed by atoms with Crippen LogP contribution in [0.5, 0.6) is 0 Å². The fraction of sp³-hybridized carbons (Fsp3) is 0.588. The first kappa shape index (κ1) is 18.0. The zero-order valence-corrected chi connectivity index (χ0v) is 16.1. The van der Waals surface area contributed by atoms with E-state index in [2.05, 4.69) is 22.2 Å². The summed E-state index contributed by atoms with van der Waals surface area (Å²) in [6.07, 6.45) is 0. The molecule has 7 nitrogen and oxygen atoms in total. The lowest BCUT2D eigenvalue weighted by molar-refractivity contribution is -0.880. The Kier molecular flexibility index (Phi) is 5.51. The minimum Gasteiger partial charge on any atom is -0.383 e. The van der Waals surface area contributed by atoms with Gasteiger partial charge < -0.3 is 19.9 Å². The Morgan fingerprint density at radius 3 is 2.72 bits per heavy atom. The molecular formula is C17H26N5O2S+. The summed E-state index contributed by atoms with van der Waals surface area (Å²) in [5.41, 5.74) is 0.969. The van der Waals surface area contributed by atoms with Crippen LogP contribution in [0.2, 0.25) is 0 Å². The van der Waals surface area contributed by atoms with E-state index in [9.17, 15) is 4.79 Å². The Balaban J connectivity index is 1.96. The number of likely N-dealkylation sites (N-methyl/N-ethyl adjacent to an activating group) is 1. The van der Waals surface area contributed by atoms with Crippen molar-refractivity contribution in [2.45, 2.75) is 13.8 Å². The molecule has 0 spiro atoms. The van der Waals surface area contributed by atoms with Gasteiger partial charge in [-0.1, -0.05) is 0 Å². The first-order valence-electron chi connectivity index (χ1n) is 8.62. The van der Waals surface area contributed by atoms with Crippen LogP contribution in [0.15, 0.2) is 0 Å². The predicted octanol–water partition coefficient (Wildman–Crippen LogP) is 0.0190. The number of hydrogen-bond donors (Lipinski definition) is 2. The Labute approximate surface area is 152 Å². The molecule has 136 valence electrons. The van der Waals surface area contributed by atoms with Gasteiger partial charge in [0.2, 0.25) is 0 Å². The Morgan fingerprint density at radius 2 is 2.04 bits per heavy atom. The smallest absolute Gasteiger partial charge is 0.261 e. The number of hydrogen-bond acceptors (Lipinski definition) is 6. The van der Waals surface area contributed by atoms with Gasteiger partial charge >= 0.3 is 0 Å². The standard InChI is InChI=1S/C17H25N5O2S/c1-11-13-15(22-8-6-21(3)7-9-22)19-12(2)20-17(13)25-14(11)16(23)18-5-10-24-4/h5-10H2,1-4H3,(H,18,23)/p+1. The first-order chi connectivity index (χ1) is 12.0. The molecule has 8 heteroatoms. The number of nitrogens with one attached hydrogen (secondary N) is 2. The van der Waals surface area contributed by atoms with Gasteiger partial charge in [0.1, 0.15) is 16.5 Å². The molecule has 0 aromatic carbocycles. The molecule has 2 aromatic rings. The van der Waals surface area contributed by atoms with Gasteiger partial charge in [-0.15, -0.1) is 11.3 Å². The Hall–Kier alpha value is -1.77. The van der Waals surface area contributed by atoms with Crippen LogP contribution in [0.1, 0.15) is 21.1 Å². The van der Waals surface area contributed by atoms with Crippen LogP contribution in [-0.2, 0) is 4.74 Å². The van der Waals surface area contributed by atoms with Gasteiger partial charge in [0.15, 0.2) is 0 Å². The van der Waals surface area contributed by atoms with Gasteiger partial charge in [-0.25, -0.2) is 9.97 Å². The lowest BCUT2D eigenvalue weighted by Gasteiger charge is -2.31. The molecular weight excluding hydrogens is 338 g/mol. The zero-order chi connectivity index (χ0) is 18.0. The molecule has 0 atom stereocenters. The topological polar surface area (TPSA) is 71.8 Å². The second-order valence-electron chi connectivity index (χ2n) is 6.52.